The van der Waals surface area contributed by atoms with Crippen LogP contribution in [0.2, 0.25) is 5.02 Å². The van der Waals surface area contributed by atoms with Crippen LogP contribution in [0.1, 0.15) is 79.3 Å². The van der Waals surface area contributed by atoms with Gasteiger partial charge < -0.3 is 30.3 Å². The molecule has 14 nitrogen and oxygen atoms in total. The Labute approximate surface area is 398 Å². The number of carbonyl (C=O) groups excluding carboxylic acids is 4. The van der Waals surface area contributed by atoms with Crippen LogP contribution in [-0.4, -0.2) is 90.9 Å². The molecule has 5 heterocycles. The first kappa shape index (κ1) is 45.5. The number of benzene rings is 4. The van der Waals surface area contributed by atoms with Crippen LogP contribution < -0.4 is 35.6 Å². The lowest BCUT2D eigenvalue weighted by Gasteiger charge is -2.47. The second-order valence-electron chi connectivity index (χ2n) is 19.1. The molecule has 4 fully saturated rings. The summed E-state index contributed by atoms with van der Waals surface area (Å²) in [5, 5.41) is 11.3. The molecule has 5 amide bonds. The SMILES string of the molecule is COc1ccc(C(N)=O)c(-c2c(Cl)c(F)cc3c2C(C)C(CNC2CCC(C(=O)N4CC(C5CCN(c6ccc7c(N8CCC(=O)NC8=O)nn(C)c7c6)CC5)C4)CC2)(c2ccccc2)O3)c1F. The molecule has 68 heavy (non-hydrogen) atoms. The standard InChI is InChI=1S/C51H55ClF2N8O6/c1-28-42-40(24-37(53)45(52)44(42)43-36(47(55)64)15-16-39(67-3)46(43)54)68-51(28,32-7-5-4-6-8-32)27-56-33-11-9-30(10-12-33)49(65)61-25-31(26-61)29-17-20-60(21-18-29)34-13-14-35-38(23-34)59(2)58-48(35)62-22-19-41(63)57-50(62)66/h4-8,13-16,23-24,28-31,33,56H,9-12,17-22,25-27H2,1-3H3,(H2,55,64)(H,57,63,66). The molecule has 3 saturated heterocycles. The number of likely N-dealkylation sites (tertiary alicyclic amines) is 1. The van der Waals surface area contributed by atoms with E-state index in [1.54, 1.807) is 4.68 Å². The maximum atomic E-state index is 16.2. The number of nitrogens with zero attached hydrogens (tertiary/aromatic N) is 5. The fourth-order valence-electron chi connectivity index (χ4n) is 11.5. The first-order valence-corrected chi connectivity index (χ1v) is 23.9. The maximum absolute atomic E-state index is 16.2. The molecule has 4 N–H and O–H groups in total. The summed E-state index contributed by atoms with van der Waals surface area (Å²) in [7, 11) is 3.17. The number of nitrogens with one attached hydrogen (secondary N) is 2. The minimum Gasteiger partial charge on any atom is -0.494 e. The van der Waals surface area contributed by atoms with Gasteiger partial charge in [0.15, 0.2) is 23.0 Å². The number of methoxy groups -OCH3 is 1. The van der Waals surface area contributed by atoms with Gasteiger partial charge in [0.25, 0.3) is 0 Å². The van der Waals surface area contributed by atoms with E-state index in [1.165, 1.54) is 30.2 Å². The number of amides is 5. The van der Waals surface area contributed by atoms with E-state index >= 15 is 8.78 Å². The minimum atomic E-state index is -1.07. The summed E-state index contributed by atoms with van der Waals surface area (Å²) < 4.78 is 45.8. The van der Waals surface area contributed by atoms with Crippen molar-refractivity contribution in [1.82, 2.24) is 25.3 Å². The summed E-state index contributed by atoms with van der Waals surface area (Å²) in [5.74, 6) is -1.57. The monoisotopic (exact) mass is 948 g/mol. The number of rotatable bonds is 11. The third-order valence-electron chi connectivity index (χ3n) is 15.4. The number of nitrogens with two attached hydrogens (primary N) is 1. The normalized spacial score (nSPS) is 23.3. The number of hydrogen-bond donors (Lipinski definition) is 3. The first-order chi connectivity index (χ1) is 32.8. The summed E-state index contributed by atoms with van der Waals surface area (Å²) in [6, 6.07) is 19.4. The molecule has 1 aromatic heterocycles. The molecule has 0 radical (unpaired) electrons. The zero-order chi connectivity index (χ0) is 47.6. The fraction of sp³-hybridized carbons (Fsp3) is 0.431. The lowest BCUT2D eigenvalue weighted by atomic mass is 9.76. The number of ether oxygens (including phenoxy) is 2. The fourth-order valence-corrected chi connectivity index (χ4v) is 11.7. The Morgan fingerprint density at radius 1 is 0.956 bits per heavy atom. The van der Waals surface area contributed by atoms with Gasteiger partial charge in [0.2, 0.25) is 17.7 Å². The Morgan fingerprint density at radius 3 is 2.38 bits per heavy atom. The van der Waals surface area contributed by atoms with E-state index < -0.39 is 35.1 Å². The van der Waals surface area contributed by atoms with Crippen molar-refractivity contribution in [3.05, 3.63) is 100 Å². The summed E-state index contributed by atoms with van der Waals surface area (Å²) in [4.78, 5) is 56.8. The number of urea groups is 1. The molecular weight excluding hydrogens is 894 g/mol. The van der Waals surface area contributed by atoms with Crippen molar-refractivity contribution in [3.63, 3.8) is 0 Å². The van der Waals surface area contributed by atoms with Gasteiger partial charge in [-0.05, 0) is 86.3 Å². The molecule has 5 aromatic rings. The van der Waals surface area contributed by atoms with Crippen molar-refractivity contribution in [1.29, 1.82) is 0 Å². The molecule has 2 atom stereocenters. The molecule has 4 aliphatic heterocycles. The number of fused-ring (bicyclic) bond motifs is 2. The first-order valence-electron chi connectivity index (χ1n) is 23.5. The highest BCUT2D eigenvalue weighted by molar-refractivity contribution is 6.34. The Morgan fingerprint density at radius 2 is 1.69 bits per heavy atom. The molecule has 4 aromatic carbocycles. The van der Waals surface area contributed by atoms with Crippen molar-refractivity contribution in [2.24, 2.45) is 30.5 Å². The van der Waals surface area contributed by atoms with Crippen LogP contribution in [-0.2, 0) is 22.2 Å². The lowest BCUT2D eigenvalue weighted by Crippen LogP contribution is -2.56. The predicted octanol–water partition coefficient (Wildman–Crippen LogP) is 7.64. The number of primary amides is 1. The average molecular weight is 949 g/mol. The third-order valence-corrected chi connectivity index (χ3v) is 15.8. The van der Waals surface area contributed by atoms with Crippen molar-refractivity contribution in [2.45, 2.75) is 69.4 Å². The minimum absolute atomic E-state index is 0.00258. The summed E-state index contributed by atoms with van der Waals surface area (Å²) in [6.45, 7) is 5.99. The Bertz CT molecular complexity index is 2820. The van der Waals surface area contributed by atoms with E-state index in [4.69, 9.17) is 26.8 Å². The average Bonchev–Trinajstić information content (AvgIpc) is 3.80. The molecular formula is C51H55ClF2N8O6. The van der Waals surface area contributed by atoms with Crippen LogP contribution in [0.4, 0.5) is 25.1 Å². The number of aryl methyl sites for hydroxylation is 1. The largest absolute Gasteiger partial charge is 0.494 e. The summed E-state index contributed by atoms with van der Waals surface area (Å²) in [5.41, 5.74) is 7.58. The number of aromatic nitrogens is 2. The van der Waals surface area contributed by atoms with Crippen molar-refractivity contribution < 1.29 is 37.4 Å². The van der Waals surface area contributed by atoms with Gasteiger partial charge in [-0.25, -0.2) is 13.6 Å². The molecule has 17 heteroatoms. The lowest BCUT2D eigenvalue weighted by molar-refractivity contribution is -0.144. The summed E-state index contributed by atoms with van der Waals surface area (Å²) >= 11 is 6.70. The smallest absolute Gasteiger partial charge is 0.329 e. The van der Waals surface area contributed by atoms with Crippen LogP contribution in [0.5, 0.6) is 11.5 Å². The molecule has 356 valence electrons. The van der Waals surface area contributed by atoms with Gasteiger partial charge in [-0.3, -0.25) is 29.3 Å². The molecule has 1 aliphatic carbocycles. The molecule has 5 aliphatic rings. The number of imide groups is 1. The summed E-state index contributed by atoms with van der Waals surface area (Å²) in [6.07, 6.45) is 5.44. The second-order valence-corrected chi connectivity index (χ2v) is 19.4. The van der Waals surface area contributed by atoms with Crippen LogP contribution in [0.3, 0.4) is 0 Å². The van der Waals surface area contributed by atoms with Crippen LogP contribution >= 0.6 is 11.6 Å². The van der Waals surface area contributed by atoms with Gasteiger partial charge in [0.1, 0.15) is 11.6 Å². The molecule has 10 rings (SSSR count). The van der Waals surface area contributed by atoms with Gasteiger partial charge in [-0.15, -0.1) is 0 Å². The van der Waals surface area contributed by atoms with Crippen LogP contribution in [0.25, 0.3) is 22.0 Å². The van der Waals surface area contributed by atoms with Gasteiger partial charge in [0, 0.05) is 104 Å². The van der Waals surface area contributed by atoms with E-state index in [-0.39, 0.29) is 63.4 Å². The predicted molar refractivity (Wildman–Crippen MR) is 254 cm³/mol. The highest BCUT2D eigenvalue weighted by atomic mass is 35.5. The third kappa shape index (κ3) is 7.88. The van der Waals surface area contributed by atoms with E-state index in [0.29, 0.717) is 36.3 Å². The van der Waals surface area contributed by atoms with Crippen LogP contribution in [0.15, 0.2) is 66.7 Å². The van der Waals surface area contributed by atoms with Crippen LogP contribution in [0, 0.1) is 29.4 Å². The number of hydrogen-bond acceptors (Lipinski definition) is 9. The van der Waals surface area contributed by atoms with Gasteiger partial charge in [0.05, 0.1) is 23.2 Å². The highest BCUT2D eigenvalue weighted by Crippen LogP contribution is 2.56. The van der Waals surface area contributed by atoms with Gasteiger partial charge in [-0.2, -0.15) is 5.10 Å². The Hall–Kier alpha value is -6.26. The quantitative estimate of drug-likeness (QED) is 0.121. The molecule has 0 bridgehead atoms. The van der Waals surface area contributed by atoms with Gasteiger partial charge >= 0.3 is 6.03 Å². The van der Waals surface area contributed by atoms with E-state index in [9.17, 15) is 19.2 Å². The molecule has 0 spiro atoms. The van der Waals surface area contributed by atoms with Crippen molar-refractivity contribution in [3.8, 4) is 22.6 Å². The molecule has 2 unspecified atom stereocenters. The van der Waals surface area contributed by atoms with E-state index in [0.717, 1.165) is 86.9 Å². The van der Waals surface area contributed by atoms with Crippen molar-refractivity contribution >= 4 is 57.8 Å². The number of anilines is 2. The van der Waals surface area contributed by atoms with E-state index in [1.807, 2.05) is 55.3 Å². The number of halogens is 3. The highest BCUT2D eigenvalue weighted by Gasteiger charge is 2.50. The van der Waals surface area contributed by atoms with Gasteiger partial charge in [-0.1, -0.05) is 48.9 Å². The Kier molecular flexibility index (Phi) is 12.0. The van der Waals surface area contributed by atoms with E-state index in [2.05, 4.69) is 32.8 Å². The Balaban J connectivity index is 0.752. The van der Waals surface area contributed by atoms with Crippen molar-refractivity contribution in [2.75, 3.05) is 56.2 Å². The zero-order valence-electron chi connectivity index (χ0n) is 38.3. The topological polar surface area (TPSA) is 164 Å². The second kappa shape index (κ2) is 18.0. The molecule has 1 saturated carbocycles. The number of piperidine rings is 1. The number of carbonyl (C=O) groups is 4. The zero-order valence-corrected chi connectivity index (χ0v) is 39.1. The maximum Gasteiger partial charge on any atom is 0.329 e.